The lowest BCUT2D eigenvalue weighted by Gasteiger charge is -2.18. The number of para-hydroxylation sites is 2. The quantitative estimate of drug-likeness (QED) is 0.559. The Kier molecular flexibility index (Phi) is 6.26. The number of hydrogen-bond donors (Lipinski definition) is 3. The summed E-state index contributed by atoms with van der Waals surface area (Å²) in [6, 6.07) is 14.7. The summed E-state index contributed by atoms with van der Waals surface area (Å²) in [4.78, 5) is 31.7. The number of carbonyl (C=O) groups is 2. The third-order valence-electron chi connectivity index (χ3n) is 4.41. The minimum absolute atomic E-state index is 0.134. The largest absolute Gasteiger partial charge is 0.497 e. The number of nitrogens with one attached hydrogen (secondary N) is 3. The van der Waals surface area contributed by atoms with Gasteiger partial charge in [-0.1, -0.05) is 24.3 Å². The van der Waals surface area contributed by atoms with Gasteiger partial charge in [0.05, 0.1) is 30.6 Å². The highest BCUT2D eigenvalue weighted by Gasteiger charge is 2.17. The summed E-state index contributed by atoms with van der Waals surface area (Å²) in [5.74, 6) is 1.23. The second-order valence-electron chi connectivity index (χ2n) is 6.53. The number of fused-ring (bicyclic) bond motifs is 1. The Balaban J connectivity index is 1.55. The molecule has 2 amide bonds. The molecule has 0 aliphatic heterocycles. The first-order chi connectivity index (χ1) is 13.5. The third kappa shape index (κ3) is 5.09. The van der Waals surface area contributed by atoms with E-state index >= 15 is 0 Å². The molecule has 0 bridgehead atoms. The van der Waals surface area contributed by atoms with Crippen LogP contribution in [0.1, 0.15) is 30.8 Å². The first-order valence-corrected chi connectivity index (χ1v) is 9.16. The summed E-state index contributed by atoms with van der Waals surface area (Å²) >= 11 is 0. The maximum Gasteiger partial charge on any atom is 0.222 e. The molecule has 3 aromatic rings. The summed E-state index contributed by atoms with van der Waals surface area (Å²) < 4.78 is 5.15. The molecule has 1 unspecified atom stereocenters. The van der Waals surface area contributed by atoms with Gasteiger partial charge in [0.15, 0.2) is 0 Å². The normalized spacial score (nSPS) is 11.8. The number of rotatable bonds is 8. The molecule has 0 aliphatic carbocycles. The second-order valence-corrected chi connectivity index (χ2v) is 6.53. The van der Waals surface area contributed by atoms with Crippen LogP contribution in [0.25, 0.3) is 11.0 Å². The molecular weight excluding hydrogens is 356 g/mol. The fourth-order valence-electron chi connectivity index (χ4n) is 3.04. The van der Waals surface area contributed by atoms with Crippen molar-refractivity contribution >= 4 is 22.8 Å². The van der Waals surface area contributed by atoms with Crippen molar-refractivity contribution in [1.29, 1.82) is 0 Å². The Bertz CT molecular complexity index is 917. The maximum atomic E-state index is 12.4. The van der Waals surface area contributed by atoms with Crippen LogP contribution in [0.4, 0.5) is 0 Å². The molecule has 3 rings (SSSR count). The zero-order chi connectivity index (χ0) is 19.9. The Morgan fingerprint density at radius 2 is 1.89 bits per heavy atom. The first kappa shape index (κ1) is 19.4. The number of ether oxygens (including phenoxy) is 1. The zero-order valence-electron chi connectivity index (χ0n) is 16.0. The Hall–Kier alpha value is -3.35. The number of carbonyl (C=O) groups excluding carboxylic acids is 2. The Labute approximate surface area is 163 Å². The highest BCUT2D eigenvalue weighted by Crippen LogP contribution is 2.20. The van der Waals surface area contributed by atoms with Crippen LogP contribution >= 0.6 is 0 Å². The summed E-state index contributed by atoms with van der Waals surface area (Å²) in [5, 5.41) is 5.73. The van der Waals surface area contributed by atoms with E-state index < -0.39 is 6.04 Å². The summed E-state index contributed by atoms with van der Waals surface area (Å²) in [6.07, 6.45) is 0.764. The second kappa shape index (κ2) is 9.03. The first-order valence-electron chi connectivity index (χ1n) is 9.16. The molecule has 0 fully saturated rings. The monoisotopic (exact) mass is 380 g/mol. The van der Waals surface area contributed by atoms with Gasteiger partial charge >= 0.3 is 0 Å². The van der Waals surface area contributed by atoms with Crippen LogP contribution in [0, 0.1) is 0 Å². The van der Waals surface area contributed by atoms with Gasteiger partial charge in [0, 0.05) is 19.9 Å². The van der Waals surface area contributed by atoms with E-state index in [0.29, 0.717) is 13.0 Å². The van der Waals surface area contributed by atoms with E-state index in [9.17, 15) is 9.59 Å². The molecule has 2 aromatic carbocycles. The van der Waals surface area contributed by atoms with E-state index in [1.165, 1.54) is 6.92 Å². The number of benzene rings is 2. The summed E-state index contributed by atoms with van der Waals surface area (Å²) in [7, 11) is 1.59. The molecule has 0 radical (unpaired) electrons. The minimum Gasteiger partial charge on any atom is -0.497 e. The van der Waals surface area contributed by atoms with Gasteiger partial charge in [-0.3, -0.25) is 9.59 Å². The van der Waals surface area contributed by atoms with Crippen LogP contribution in [0.5, 0.6) is 5.75 Å². The number of amides is 2. The average molecular weight is 380 g/mol. The molecule has 1 aromatic heterocycles. The van der Waals surface area contributed by atoms with Crippen molar-refractivity contribution in [3.8, 4) is 5.75 Å². The number of methoxy groups -OCH3 is 1. The number of imidazole rings is 1. The fraction of sp³-hybridized carbons (Fsp3) is 0.286. The SMILES string of the molecule is COc1ccc(C(CC(=O)NCCc2nc3ccccc3[nH]2)NC(C)=O)cc1. The van der Waals surface area contributed by atoms with Crippen LogP contribution < -0.4 is 15.4 Å². The lowest BCUT2D eigenvalue weighted by atomic mass is 10.0. The van der Waals surface area contributed by atoms with Gasteiger partial charge < -0.3 is 20.4 Å². The van der Waals surface area contributed by atoms with E-state index in [0.717, 1.165) is 28.2 Å². The molecule has 0 saturated heterocycles. The molecule has 1 heterocycles. The molecule has 3 N–H and O–H groups in total. The van der Waals surface area contributed by atoms with Crippen molar-refractivity contribution in [2.75, 3.05) is 13.7 Å². The summed E-state index contributed by atoms with van der Waals surface area (Å²) in [6.45, 7) is 1.91. The number of hydrogen-bond acceptors (Lipinski definition) is 4. The molecule has 7 heteroatoms. The molecular formula is C21H24N4O3. The van der Waals surface area contributed by atoms with Gasteiger partial charge in [-0.25, -0.2) is 4.98 Å². The van der Waals surface area contributed by atoms with Crippen LogP contribution in [0.15, 0.2) is 48.5 Å². The van der Waals surface area contributed by atoms with Gasteiger partial charge in [0.1, 0.15) is 11.6 Å². The van der Waals surface area contributed by atoms with Crippen molar-refractivity contribution in [3.05, 3.63) is 59.9 Å². The fourth-order valence-corrected chi connectivity index (χ4v) is 3.04. The molecule has 146 valence electrons. The standard InChI is InChI=1S/C21H24N4O3/c1-14(26)23-19(15-7-9-16(28-2)10-8-15)13-21(27)22-12-11-20-24-17-5-3-4-6-18(17)25-20/h3-10,19H,11-13H2,1-2H3,(H,22,27)(H,23,26)(H,24,25). The van der Waals surface area contributed by atoms with Gasteiger partial charge in [-0.05, 0) is 29.8 Å². The average Bonchev–Trinajstić information content (AvgIpc) is 3.10. The van der Waals surface area contributed by atoms with Crippen LogP contribution in [-0.4, -0.2) is 35.4 Å². The lowest BCUT2D eigenvalue weighted by molar-refractivity contribution is -0.122. The molecule has 7 nitrogen and oxygen atoms in total. The molecule has 0 spiro atoms. The third-order valence-corrected chi connectivity index (χ3v) is 4.41. The van der Waals surface area contributed by atoms with Crippen LogP contribution in [0.3, 0.4) is 0 Å². The molecule has 0 aliphatic rings. The van der Waals surface area contributed by atoms with E-state index in [1.54, 1.807) is 7.11 Å². The Morgan fingerprint density at radius 3 is 2.57 bits per heavy atom. The highest BCUT2D eigenvalue weighted by molar-refractivity contribution is 5.79. The van der Waals surface area contributed by atoms with Crippen molar-refractivity contribution < 1.29 is 14.3 Å². The van der Waals surface area contributed by atoms with Crippen molar-refractivity contribution in [2.24, 2.45) is 0 Å². The minimum atomic E-state index is -0.394. The zero-order valence-corrected chi connectivity index (χ0v) is 16.0. The molecule has 0 saturated carbocycles. The molecule has 28 heavy (non-hydrogen) atoms. The predicted molar refractivity (Wildman–Crippen MR) is 107 cm³/mol. The topological polar surface area (TPSA) is 96.1 Å². The van der Waals surface area contributed by atoms with E-state index in [-0.39, 0.29) is 18.2 Å². The predicted octanol–water partition coefficient (Wildman–Crippen LogP) is 2.50. The smallest absolute Gasteiger partial charge is 0.222 e. The number of aromatic amines is 1. The summed E-state index contributed by atoms with van der Waals surface area (Å²) in [5.41, 5.74) is 2.74. The number of H-pyrrole nitrogens is 1. The number of aromatic nitrogens is 2. The van der Waals surface area contributed by atoms with Crippen molar-refractivity contribution in [2.45, 2.75) is 25.8 Å². The number of nitrogens with zero attached hydrogens (tertiary/aromatic N) is 1. The van der Waals surface area contributed by atoms with E-state index in [4.69, 9.17) is 4.74 Å². The van der Waals surface area contributed by atoms with Gasteiger partial charge in [0.25, 0.3) is 0 Å². The van der Waals surface area contributed by atoms with E-state index in [1.807, 2.05) is 48.5 Å². The van der Waals surface area contributed by atoms with Gasteiger partial charge in [-0.2, -0.15) is 0 Å². The van der Waals surface area contributed by atoms with Gasteiger partial charge in [0.2, 0.25) is 11.8 Å². The van der Waals surface area contributed by atoms with Crippen molar-refractivity contribution in [3.63, 3.8) is 0 Å². The highest BCUT2D eigenvalue weighted by atomic mass is 16.5. The maximum absolute atomic E-state index is 12.4. The van der Waals surface area contributed by atoms with E-state index in [2.05, 4.69) is 20.6 Å². The molecule has 1 atom stereocenters. The van der Waals surface area contributed by atoms with Crippen LogP contribution in [-0.2, 0) is 16.0 Å². The Morgan fingerprint density at radius 1 is 1.14 bits per heavy atom. The lowest BCUT2D eigenvalue weighted by Crippen LogP contribution is -2.33. The van der Waals surface area contributed by atoms with Crippen LogP contribution in [0.2, 0.25) is 0 Å². The van der Waals surface area contributed by atoms with Gasteiger partial charge in [-0.15, -0.1) is 0 Å². The van der Waals surface area contributed by atoms with Crippen molar-refractivity contribution in [1.82, 2.24) is 20.6 Å².